The van der Waals surface area contributed by atoms with Crippen molar-refractivity contribution >= 4 is 6.21 Å². The highest BCUT2D eigenvalue weighted by Crippen LogP contribution is 2.03. The van der Waals surface area contributed by atoms with Gasteiger partial charge in [-0.25, -0.2) is 0 Å². The molecule has 1 heterocycles. The molecule has 0 atom stereocenters. The summed E-state index contributed by atoms with van der Waals surface area (Å²) in [4.78, 5) is 0. The molecule has 0 unspecified atom stereocenters. The van der Waals surface area contributed by atoms with Crippen LogP contribution in [0.5, 0.6) is 0 Å². The third-order valence-electron chi connectivity index (χ3n) is 2.17. The van der Waals surface area contributed by atoms with Crippen molar-refractivity contribution in [3.05, 3.63) is 47.5 Å². The highest BCUT2D eigenvalue weighted by molar-refractivity contribution is 5.79. The van der Waals surface area contributed by atoms with Crippen molar-refractivity contribution < 1.29 is 10.2 Å². The molecule has 0 bridgehead atoms. The molecule has 2 rings (SSSR count). The van der Waals surface area contributed by atoms with Gasteiger partial charge in [0.2, 0.25) is 0 Å². The van der Waals surface area contributed by atoms with E-state index in [2.05, 4.69) is 15.3 Å². The number of aliphatic hydroxyl groups excluding tert-OH is 2. The first-order valence-electron chi connectivity index (χ1n) is 5.09. The Morgan fingerprint density at radius 2 is 1.65 bits per heavy atom. The topological polar surface area (TPSA) is 83.5 Å². The van der Waals surface area contributed by atoms with Gasteiger partial charge in [0, 0.05) is 0 Å². The molecule has 17 heavy (non-hydrogen) atoms. The normalized spacial score (nSPS) is 11.2. The van der Waals surface area contributed by atoms with Crippen LogP contribution in [0.4, 0.5) is 0 Å². The number of rotatable bonds is 4. The second-order valence-electron chi connectivity index (χ2n) is 3.32. The zero-order chi connectivity index (χ0) is 12.1. The number of aromatic nitrogens is 3. The third-order valence-corrected chi connectivity index (χ3v) is 2.17. The van der Waals surface area contributed by atoms with Crippen LogP contribution in [0.3, 0.4) is 0 Å². The molecule has 0 spiro atoms. The first-order valence-corrected chi connectivity index (χ1v) is 5.09. The van der Waals surface area contributed by atoms with E-state index in [0.29, 0.717) is 11.6 Å². The summed E-state index contributed by atoms with van der Waals surface area (Å²) in [6, 6.07) is 9.49. The van der Waals surface area contributed by atoms with Gasteiger partial charge >= 0.3 is 0 Å². The number of benzene rings is 1. The molecule has 1 aromatic heterocycles. The van der Waals surface area contributed by atoms with E-state index in [4.69, 9.17) is 10.2 Å². The van der Waals surface area contributed by atoms with E-state index in [9.17, 15) is 0 Å². The van der Waals surface area contributed by atoms with Gasteiger partial charge in [-0.3, -0.25) is 0 Å². The maximum Gasteiger partial charge on any atom is 0.180 e. The summed E-state index contributed by atoms with van der Waals surface area (Å²) >= 11 is 0. The van der Waals surface area contributed by atoms with Gasteiger partial charge < -0.3 is 10.2 Å². The predicted molar refractivity (Wildman–Crippen MR) is 61.3 cm³/mol. The van der Waals surface area contributed by atoms with Gasteiger partial charge in [-0.1, -0.05) is 30.3 Å². The minimum absolute atomic E-state index is 0.279. The summed E-state index contributed by atoms with van der Waals surface area (Å²) in [5.41, 5.74) is 0.911. The number of aliphatic hydroxyl groups is 2. The minimum Gasteiger partial charge on any atom is -0.388 e. The van der Waals surface area contributed by atoms with E-state index in [0.717, 1.165) is 5.56 Å². The van der Waals surface area contributed by atoms with Gasteiger partial charge in [-0.15, -0.1) is 10.2 Å². The molecule has 0 saturated carbocycles. The Hall–Kier alpha value is -2.05. The molecule has 0 radical (unpaired) electrons. The van der Waals surface area contributed by atoms with Crippen LogP contribution in [0, 0.1) is 0 Å². The van der Waals surface area contributed by atoms with Crippen LogP contribution >= 0.6 is 0 Å². The zero-order valence-electron chi connectivity index (χ0n) is 9.06. The SMILES string of the molecule is OCc1nnc(CO)n1/N=C/c1ccccc1. The van der Waals surface area contributed by atoms with Gasteiger partial charge in [0.15, 0.2) is 11.6 Å². The Morgan fingerprint density at radius 3 is 2.18 bits per heavy atom. The molecule has 1 aromatic carbocycles. The van der Waals surface area contributed by atoms with Crippen LogP contribution in [0.1, 0.15) is 17.2 Å². The summed E-state index contributed by atoms with van der Waals surface area (Å²) < 4.78 is 1.33. The summed E-state index contributed by atoms with van der Waals surface area (Å²) in [6.07, 6.45) is 1.61. The number of hydrogen-bond donors (Lipinski definition) is 2. The van der Waals surface area contributed by atoms with Crippen molar-refractivity contribution in [2.45, 2.75) is 13.2 Å². The fourth-order valence-corrected chi connectivity index (χ4v) is 1.34. The van der Waals surface area contributed by atoms with Gasteiger partial charge in [0.1, 0.15) is 13.2 Å². The van der Waals surface area contributed by atoms with Crippen molar-refractivity contribution in [2.75, 3.05) is 0 Å². The lowest BCUT2D eigenvalue weighted by Gasteiger charge is -1.99. The summed E-state index contributed by atoms with van der Waals surface area (Å²) in [5, 5.41) is 29.6. The molecule has 0 aliphatic heterocycles. The fourth-order valence-electron chi connectivity index (χ4n) is 1.34. The van der Waals surface area contributed by atoms with Crippen molar-refractivity contribution in [1.29, 1.82) is 0 Å². The second-order valence-corrected chi connectivity index (χ2v) is 3.32. The molecular formula is C11H12N4O2. The van der Waals surface area contributed by atoms with Crippen LogP contribution in [-0.2, 0) is 13.2 Å². The average molecular weight is 232 g/mol. The van der Waals surface area contributed by atoms with Crippen LogP contribution < -0.4 is 0 Å². The Kier molecular flexibility index (Phi) is 3.59. The highest BCUT2D eigenvalue weighted by Gasteiger charge is 2.08. The fraction of sp³-hybridized carbons (Fsp3) is 0.182. The molecule has 6 heteroatoms. The molecule has 2 N–H and O–H groups in total. The lowest BCUT2D eigenvalue weighted by Crippen LogP contribution is -2.03. The molecule has 0 amide bonds. The largest absolute Gasteiger partial charge is 0.388 e. The van der Waals surface area contributed by atoms with E-state index in [1.807, 2.05) is 30.3 Å². The lowest BCUT2D eigenvalue weighted by molar-refractivity contribution is 0.255. The highest BCUT2D eigenvalue weighted by atomic mass is 16.3. The Morgan fingerprint density at radius 1 is 1.06 bits per heavy atom. The predicted octanol–water partition coefficient (Wildman–Crippen LogP) is 0.145. The maximum absolute atomic E-state index is 9.05. The van der Waals surface area contributed by atoms with Gasteiger partial charge in [-0.2, -0.15) is 9.78 Å². The Labute approximate surface area is 97.9 Å². The zero-order valence-corrected chi connectivity index (χ0v) is 9.06. The van der Waals surface area contributed by atoms with Crippen molar-refractivity contribution in [2.24, 2.45) is 5.10 Å². The van der Waals surface area contributed by atoms with E-state index < -0.39 is 0 Å². The van der Waals surface area contributed by atoms with Crippen molar-refractivity contribution in [1.82, 2.24) is 14.9 Å². The van der Waals surface area contributed by atoms with E-state index in [1.165, 1.54) is 4.68 Å². The quantitative estimate of drug-likeness (QED) is 0.735. The summed E-state index contributed by atoms with van der Waals surface area (Å²) in [6.45, 7) is -0.557. The van der Waals surface area contributed by atoms with Crippen LogP contribution in [0.15, 0.2) is 35.4 Å². The number of nitrogens with zero attached hydrogens (tertiary/aromatic N) is 4. The lowest BCUT2D eigenvalue weighted by atomic mass is 10.2. The van der Waals surface area contributed by atoms with Crippen LogP contribution in [0.2, 0.25) is 0 Å². The van der Waals surface area contributed by atoms with Gasteiger partial charge in [0.05, 0.1) is 6.21 Å². The van der Waals surface area contributed by atoms with E-state index in [1.54, 1.807) is 6.21 Å². The smallest absolute Gasteiger partial charge is 0.180 e. The van der Waals surface area contributed by atoms with E-state index >= 15 is 0 Å². The second kappa shape index (κ2) is 5.33. The van der Waals surface area contributed by atoms with Crippen molar-refractivity contribution in [3.8, 4) is 0 Å². The van der Waals surface area contributed by atoms with E-state index in [-0.39, 0.29) is 13.2 Å². The molecule has 88 valence electrons. The molecule has 0 aliphatic carbocycles. The molecular weight excluding hydrogens is 220 g/mol. The summed E-state index contributed by atoms with van der Waals surface area (Å²) in [5.74, 6) is 0.586. The summed E-state index contributed by atoms with van der Waals surface area (Å²) in [7, 11) is 0. The maximum atomic E-state index is 9.05. The third kappa shape index (κ3) is 2.55. The van der Waals surface area contributed by atoms with Crippen LogP contribution in [-0.4, -0.2) is 31.3 Å². The molecule has 0 fully saturated rings. The Balaban J connectivity index is 2.29. The number of hydrogen-bond acceptors (Lipinski definition) is 5. The van der Waals surface area contributed by atoms with Gasteiger partial charge in [0.25, 0.3) is 0 Å². The molecule has 6 nitrogen and oxygen atoms in total. The van der Waals surface area contributed by atoms with Crippen molar-refractivity contribution in [3.63, 3.8) is 0 Å². The first kappa shape index (κ1) is 11.4. The Bertz CT molecular complexity index is 486. The molecule has 0 aliphatic rings. The molecule has 0 saturated heterocycles. The monoisotopic (exact) mass is 232 g/mol. The average Bonchev–Trinajstić information content (AvgIpc) is 2.79. The van der Waals surface area contributed by atoms with Crippen LogP contribution in [0.25, 0.3) is 0 Å². The van der Waals surface area contributed by atoms with Gasteiger partial charge in [-0.05, 0) is 5.56 Å². The minimum atomic E-state index is -0.279. The standard InChI is InChI=1S/C11H12N4O2/c16-7-10-13-14-11(8-17)15(10)12-6-9-4-2-1-3-5-9/h1-6,16-17H,7-8H2/b12-6+. The molecule has 2 aromatic rings. The first-order chi connectivity index (χ1) is 8.35.